The molecule has 0 bridgehead atoms. The molecule has 3 nitrogen and oxygen atoms in total. The van der Waals surface area contributed by atoms with Gasteiger partial charge in [0.25, 0.3) is 0 Å². The van der Waals surface area contributed by atoms with E-state index in [9.17, 15) is 0 Å². The molecule has 0 saturated carbocycles. The Kier molecular flexibility index (Phi) is 5.27. The van der Waals surface area contributed by atoms with E-state index in [1.54, 1.807) is 13.2 Å². The molecule has 106 valence electrons. The van der Waals surface area contributed by atoms with Crippen LogP contribution in [0.2, 0.25) is 5.02 Å². The second kappa shape index (κ2) is 7.17. The van der Waals surface area contributed by atoms with Gasteiger partial charge in [0, 0.05) is 18.0 Å². The van der Waals surface area contributed by atoms with Gasteiger partial charge in [0.15, 0.2) is 0 Å². The van der Waals surface area contributed by atoms with E-state index >= 15 is 0 Å². The minimum Gasteiger partial charge on any atom is -0.497 e. The summed E-state index contributed by atoms with van der Waals surface area (Å²) in [4.78, 5) is 0. The Balaban J connectivity index is 1.87. The first-order valence-corrected chi connectivity index (χ1v) is 6.85. The first kappa shape index (κ1) is 14.7. The number of ether oxygens (including phenoxy) is 2. The van der Waals surface area contributed by atoms with Gasteiger partial charge in [0.05, 0.1) is 13.7 Å². The number of benzene rings is 2. The average Bonchev–Trinajstić information content (AvgIpc) is 2.48. The zero-order chi connectivity index (χ0) is 14.4. The Labute approximate surface area is 124 Å². The molecule has 0 heterocycles. The lowest BCUT2D eigenvalue weighted by atomic mass is 10.1. The third-order valence-corrected chi connectivity index (χ3v) is 3.41. The highest BCUT2D eigenvalue weighted by Gasteiger charge is 2.01. The number of methoxy groups -OCH3 is 1. The van der Waals surface area contributed by atoms with E-state index in [1.807, 2.05) is 36.4 Å². The largest absolute Gasteiger partial charge is 0.497 e. The molecule has 2 aromatic rings. The van der Waals surface area contributed by atoms with Crippen molar-refractivity contribution in [1.29, 1.82) is 0 Å². The van der Waals surface area contributed by atoms with Crippen LogP contribution in [0.15, 0.2) is 42.5 Å². The van der Waals surface area contributed by atoms with E-state index in [2.05, 4.69) is 0 Å². The van der Waals surface area contributed by atoms with Gasteiger partial charge in [-0.3, -0.25) is 0 Å². The monoisotopic (exact) mass is 291 g/mol. The van der Waals surface area contributed by atoms with Crippen LogP contribution < -0.4 is 15.2 Å². The number of nitrogens with two attached hydrogens (primary N) is 1. The number of hydrogen-bond acceptors (Lipinski definition) is 3. The van der Waals surface area contributed by atoms with Gasteiger partial charge in [-0.1, -0.05) is 29.8 Å². The minimum atomic E-state index is 0.435. The summed E-state index contributed by atoms with van der Waals surface area (Å²) in [6, 6.07) is 13.6. The molecule has 2 aromatic carbocycles. The lowest BCUT2D eigenvalue weighted by Gasteiger charge is -2.09. The van der Waals surface area contributed by atoms with Gasteiger partial charge in [0.1, 0.15) is 11.5 Å². The Bertz CT molecular complexity index is 555. The van der Waals surface area contributed by atoms with Gasteiger partial charge in [-0.25, -0.2) is 0 Å². The van der Waals surface area contributed by atoms with Crippen LogP contribution in [0.3, 0.4) is 0 Å². The van der Waals surface area contributed by atoms with Crippen LogP contribution in [0.5, 0.6) is 11.5 Å². The number of hydrogen-bond donors (Lipinski definition) is 1. The van der Waals surface area contributed by atoms with Crippen LogP contribution in [0.4, 0.5) is 0 Å². The molecule has 0 fully saturated rings. The van der Waals surface area contributed by atoms with E-state index < -0.39 is 0 Å². The highest BCUT2D eigenvalue weighted by molar-refractivity contribution is 6.31. The first-order valence-electron chi connectivity index (χ1n) is 6.47. The smallest absolute Gasteiger partial charge is 0.120 e. The van der Waals surface area contributed by atoms with Gasteiger partial charge in [-0.15, -0.1) is 0 Å². The molecule has 0 atom stereocenters. The average molecular weight is 292 g/mol. The Hall–Kier alpha value is -1.71. The van der Waals surface area contributed by atoms with E-state index in [-0.39, 0.29) is 0 Å². The van der Waals surface area contributed by atoms with Crippen molar-refractivity contribution in [2.45, 2.75) is 13.0 Å². The van der Waals surface area contributed by atoms with Crippen molar-refractivity contribution in [3.63, 3.8) is 0 Å². The van der Waals surface area contributed by atoms with Crippen LogP contribution in [0, 0.1) is 0 Å². The molecular formula is C16H18ClNO2. The summed E-state index contributed by atoms with van der Waals surface area (Å²) in [5, 5.41) is 0.648. The summed E-state index contributed by atoms with van der Waals surface area (Å²) >= 11 is 6.08. The zero-order valence-corrected chi connectivity index (χ0v) is 12.2. The van der Waals surface area contributed by atoms with Crippen LogP contribution in [-0.2, 0) is 13.0 Å². The summed E-state index contributed by atoms with van der Waals surface area (Å²) < 4.78 is 10.8. The van der Waals surface area contributed by atoms with Crippen molar-refractivity contribution in [1.82, 2.24) is 0 Å². The SMILES string of the molecule is COc1ccc(CCOc2ccc(CN)c(Cl)c2)cc1. The van der Waals surface area contributed by atoms with Gasteiger partial charge < -0.3 is 15.2 Å². The molecular weight excluding hydrogens is 274 g/mol. The maximum atomic E-state index is 6.08. The third kappa shape index (κ3) is 3.89. The van der Waals surface area contributed by atoms with E-state index in [0.717, 1.165) is 23.5 Å². The third-order valence-electron chi connectivity index (χ3n) is 3.06. The fourth-order valence-electron chi connectivity index (χ4n) is 1.86. The predicted molar refractivity (Wildman–Crippen MR) is 81.5 cm³/mol. The standard InChI is InChI=1S/C16H18ClNO2/c1-19-14-5-2-12(3-6-14)8-9-20-15-7-4-13(11-18)16(17)10-15/h2-7,10H,8-9,11,18H2,1H3. The Morgan fingerprint density at radius 3 is 2.35 bits per heavy atom. The van der Waals surface area contributed by atoms with E-state index in [1.165, 1.54) is 5.56 Å². The molecule has 2 N–H and O–H groups in total. The Morgan fingerprint density at radius 2 is 1.75 bits per heavy atom. The molecule has 0 aromatic heterocycles. The second-order valence-corrected chi connectivity index (χ2v) is 4.81. The lowest BCUT2D eigenvalue weighted by molar-refractivity contribution is 0.322. The fraction of sp³-hybridized carbons (Fsp3) is 0.250. The van der Waals surface area contributed by atoms with Gasteiger partial charge >= 0.3 is 0 Å². The zero-order valence-electron chi connectivity index (χ0n) is 11.4. The van der Waals surface area contributed by atoms with Crippen LogP contribution in [0.1, 0.15) is 11.1 Å². The van der Waals surface area contributed by atoms with Crippen molar-refractivity contribution in [3.8, 4) is 11.5 Å². The summed E-state index contributed by atoms with van der Waals surface area (Å²) in [7, 11) is 1.66. The lowest BCUT2D eigenvalue weighted by Crippen LogP contribution is -2.02. The van der Waals surface area contributed by atoms with E-state index in [4.69, 9.17) is 26.8 Å². The number of rotatable bonds is 6. The molecule has 0 saturated heterocycles. The Morgan fingerprint density at radius 1 is 1.05 bits per heavy atom. The molecule has 2 rings (SSSR count). The maximum absolute atomic E-state index is 6.08. The molecule has 0 aliphatic carbocycles. The maximum Gasteiger partial charge on any atom is 0.120 e. The minimum absolute atomic E-state index is 0.435. The summed E-state index contributed by atoms with van der Waals surface area (Å²) in [6.07, 6.45) is 0.834. The van der Waals surface area contributed by atoms with Gasteiger partial charge in [-0.05, 0) is 35.4 Å². The van der Waals surface area contributed by atoms with Gasteiger partial charge in [-0.2, -0.15) is 0 Å². The number of halogens is 1. The predicted octanol–water partition coefficient (Wildman–Crippen LogP) is 3.43. The van der Waals surface area contributed by atoms with Crippen molar-refractivity contribution in [2.75, 3.05) is 13.7 Å². The van der Waals surface area contributed by atoms with Crippen molar-refractivity contribution < 1.29 is 9.47 Å². The first-order chi connectivity index (χ1) is 9.72. The summed E-state index contributed by atoms with van der Waals surface area (Å²) in [5.74, 6) is 1.62. The topological polar surface area (TPSA) is 44.5 Å². The van der Waals surface area contributed by atoms with Crippen molar-refractivity contribution in [2.24, 2.45) is 5.73 Å². The molecule has 0 aliphatic heterocycles. The summed E-state index contributed by atoms with van der Waals surface area (Å²) in [5.41, 5.74) is 7.69. The highest BCUT2D eigenvalue weighted by Crippen LogP contribution is 2.22. The molecule has 0 amide bonds. The molecule has 0 unspecified atom stereocenters. The summed E-state index contributed by atoms with van der Waals surface area (Å²) in [6.45, 7) is 1.04. The van der Waals surface area contributed by atoms with Crippen LogP contribution in [0.25, 0.3) is 0 Å². The molecule has 20 heavy (non-hydrogen) atoms. The van der Waals surface area contributed by atoms with E-state index in [0.29, 0.717) is 18.2 Å². The molecule has 0 aliphatic rings. The van der Waals surface area contributed by atoms with Crippen LogP contribution >= 0.6 is 11.6 Å². The normalized spacial score (nSPS) is 10.3. The quantitative estimate of drug-likeness (QED) is 0.887. The molecule has 4 heteroatoms. The van der Waals surface area contributed by atoms with Crippen molar-refractivity contribution in [3.05, 3.63) is 58.6 Å². The fourth-order valence-corrected chi connectivity index (χ4v) is 2.11. The van der Waals surface area contributed by atoms with Crippen LogP contribution in [-0.4, -0.2) is 13.7 Å². The molecule has 0 spiro atoms. The van der Waals surface area contributed by atoms with Gasteiger partial charge in [0.2, 0.25) is 0 Å². The second-order valence-electron chi connectivity index (χ2n) is 4.40. The highest BCUT2D eigenvalue weighted by atomic mass is 35.5. The van der Waals surface area contributed by atoms with Crippen molar-refractivity contribution >= 4 is 11.6 Å². The molecule has 0 radical (unpaired) electrons.